The van der Waals surface area contributed by atoms with Crippen molar-refractivity contribution in [2.75, 3.05) is 38.6 Å². The number of ether oxygens (including phenoxy) is 1. The van der Waals surface area contributed by atoms with Crippen LogP contribution in [0, 0.1) is 0 Å². The van der Waals surface area contributed by atoms with Crippen molar-refractivity contribution in [3.8, 4) is 11.4 Å². The molecule has 4 N–H and O–H groups in total. The van der Waals surface area contributed by atoms with Gasteiger partial charge in [-0.05, 0) is 18.7 Å². The van der Waals surface area contributed by atoms with Crippen molar-refractivity contribution in [1.82, 2.24) is 19.9 Å². The normalized spacial score (nSPS) is 11.5. The van der Waals surface area contributed by atoms with E-state index in [2.05, 4.69) is 56.5 Å². The van der Waals surface area contributed by atoms with Gasteiger partial charge in [0.05, 0.1) is 25.1 Å². The first-order valence-electron chi connectivity index (χ1n) is 11.5. The van der Waals surface area contributed by atoms with Gasteiger partial charge in [-0.2, -0.15) is 0 Å². The Kier molecular flexibility index (Phi) is 8.21. The number of aromatic amines is 1. The second-order valence-corrected chi connectivity index (χ2v) is 8.27. The van der Waals surface area contributed by atoms with E-state index in [0.29, 0.717) is 30.5 Å². The molecule has 2 aromatic carbocycles. The maximum absolute atomic E-state index is 11.3. The van der Waals surface area contributed by atoms with Gasteiger partial charge in [0.15, 0.2) is 5.82 Å². The molecule has 4 aromatic rings. The number of primary amides is 1. The van der Waals surface area contributed by atoms with E-state index in [1.54, 1.807) is 0 Å². The maximum Gasteiger partial charge on any atom is 0.236 e. The van der Waals surface area contributed by atoms with E-state index in [4.69, 9.17) is 10.5 Å². The molecule has 0 aliphatic rings. The number of hydrogen-bond donors (Lipinski definition) is 3. The number of likely N-dealkylation sites (N-methyl/N-ethyl adjacent to an activating group) is 1. The Balaban J connectivity index is 1.36. The maximum atomic E-state index is 11.3. The van der Waals surface area contributed by atoms with Crippen LogP contribution in [0.3, 0.4) is 0 Å². The lowest BCUT2D eigenvalue weighted by Crippen LogP contribution is -2.23. The molecule has 0 fully saturated rings. The van der Waals surface area contributed by atoms with Gasteiger partial charge in [-0.25, -0.2) is 9.97 Å². The molecule has 0 atom stereocenters. The molecular formula is C27H30N6O2. The average molecular weight is 471 g/mol. The van der Waals surface area contributed by atoms with Crippen LogP contribution in [0.4, 0.5) is 5.82 Å². The highest BCUT2D eigenvalue weighted by molar-refractivity contribution is 5.91. The number of carbonyl (C=O) groups excluding carboxylic acids is 1. The molecule has 0 bridgehead atoms. The lowest BCUT2D eigenvalue weighted by Gasteiger charge is -2.14. The summed E-state index contributed by atoms with van der Waals surface area (Å²) in [5.74, 6) is 0.657. The van der Waals surface area contributed by atoms with Gasteiger partial charge in [-0.15, -0.1) is 0 Å². The van der Waals surface area contributed by atoms with Crippen molar-refractivity contribution in [1.29, 1.82) is 0 Å². The summed E-state index contributed by atoms with van der Waals surface area (Å²) in [6.07, 6.45) is 4.27. The summed E-state index contributed by atoms with van der Waals surface area (Å²) in [6.45, 7) is 2.65. The van der Waals surface area contributed by atoms with E-state index in [0.717, 1.165) is 29.7 Å². The topological polar surface area (TPSA) is 109 Å². The Morgan fingerprint density at radius 3 is 2.60 bits per heavy atom. The van der Waals surface area contributed by atoms with Crippen LogP contribution in [-0.2, 0) is 16.1 Å². The van der Waals surface area contributed by atoms with Gasteiger partial charge in [0.25, 0.3) is 0 Å². The minimum Gasteiger partial charge on any atom is -0.374 e. The van der Waals surface area contributed by atoms with E-state index in [1.165, 1.54) is 5.56 Å². The molecule has 180 valence electrons. The zero-order chi connectivity index (χ0) is 24.5. The van der Waals surface area contributed by atoms with Crippen LogP contribution in [0.15, 0.2) is 72.8 Å². The highest BCUT2D eigenvalue weighted by Gasteiger charge is 2.13. The predicted molar refractivity (Wildman–Crippen MR) is 140 cm³/mol. The molecule has 1 amide bonds. The minimum atomic E-state index is -0.458. The lowest BCUT2D eigenvalue weighted by molar-refractivity contribution is -0.116. The predicted octanol–water partition coefficient (Wildman–Crippen LogP) is 3.68. The molecule has 2 heterocycles. The number of aromatic nitrogens is 3. The molecule has 0 spiro atoms. The quantitative estimate of drug-likeness (QED) is 0.273. The molecule has 0 unspecified atom stereocenters. The number of nitrogens with two attached hydrogens (primary N) is 1. The Labute approximate surface area is 204 Å². The molecule has 35 heavy (non-hydrogen) atoms. The highest BCUT2D eigenvalue weighted by atomic mass is 16.5. The number of H-pyrrole nitrogens is 1. The van der Waals surface area contributed by atoms with Gasteiger partial charge < -0.3 is 25.7 Å². The highest BCUT2D eigenvalue weighted by Crippen LogP contribution is 2.26. The third-order valence-electron chi connectivity index (χ3n) is 5.41. The number of nitrogens with zero attached hydrogens (tertiary/aromatic N) is 3. The van der Waals surface area contributed by atoms with Crippen molar-refractivity contribution >= 4 is 28.8 Å². The summed E-state index contributed by atoms with van der Waals surface area (Å²) < 4.78 is 5.90. The van der Waals surface area contributed by atoms with Gasteiger partial charge in [0.1, 0.15) is 11.5 Å². The lowest BCUT2D eigenvalue weighted by atomic mass is 10.2. The molecule has 0 radical (unpaired) electrons. The van der Waals surface area contributed by atoms with Gasteiger partial charge in [0.2, 0.25) is 5.91 Å². The average Bonchev–Trinajstić information content (AvgIpc) is 3.29. The third kappa shape index (κ3) is 6.99. The smallest absolute Gasteiger partial charge is 0.236 e. The summed E-state index contributed by atoms with van der Waals surface area (Å²) in [6, 6.07) is 21.9. The molecule has 4 rings (SSSR count). The number of nitrogens with one attached hydrogen (secondary N) is 2. The van der Waals surface area contributed by atoms with Crippen molar-refractivity contribution in [2.45, 2.75) is 6.61 Å². The van der Waals surface area contributed by atoms with Gasteiger partial charge in [0, 0.05) is 24.3 Å². The van der Waals surface area contributed by atoms with Crippen LogP contribution >= 0.6 is 0 Å². The van der Waals surface area contributed by atoms with Crippen LogP contribution in [0.5, 0.6) is 0 Å². The number of amides is 1. The molecule has 8 nitrogen and oxygen atoms in total. The fraction of sp³-hybridized carbons (Fsp3) is 0.222. The Hall–Kier alpha value is -4.01. The van der Waals surface area contributed by atoms with Crippen LogP contribution in [-0.4, -0.2) is 59.0 Å². The number of benzene rings is 2. The van der Waals surface area contributed by atoms with E-state index >= 15 is 0 Å². The number of fused-ring (bicyclic) bond motifs is 1. The fourth-order valence-electron chi connectivity index (χ4n) is 3.59. The summed E-state index contributed by atoms with van der Waals surface area (Å²) >= 11 is 0. The number of hydrogen-bond acceptors (Lipinski definition) is 6. The van der Waals surface area contributed by atoms with Gasteiger partial charge in [-0.1, -0.05) is 72.8 Å². The fourth-order valence-corrected chi connectivity index (χ4v) is 3.59. The number of rotatable bonds is 12. The largest absolute Gasteiger partial charge is 0.374 e. The van der Waals surface area contributed by atoms with Crippen molar-refractivity contribution in [2.24, 2.45) is 5.73 Å². The van der Waals surface area contributed by atoms with Crippen LogP contribution in [0.2, 0.25) is 0 Å². The summed E-state index contributed by atoms with van der Waals surface area (Å²) in [4.78, 5) is 26.1. The van der Waals surface area contributed by atoms with E-state index in [1.807, 2.05) is 54.6 Å². The number of anilines is 1. The molecule has 0 aliphatic heterocycles. The van der Waals surface area contributed by atoms with Crippen molar-refractivity contribution in [3.05, 3.63) is 84.1 Å². The molecule has 0 saturated carbocycles. The molecule has 0 saturated heterocycles. The number of carbonyl (C=O) groups is 1. The summed E-state index contributed by atoms with van der Waals surface area (Å²) in [5.41, 5.74) is 8.96. The molecular weight excluding hydrogens is 440 g/mol. The summed E-state index contributed by atoms with van der Waals surface area (Å²) in [5, 5.41) is 3.81. The van der Waals surface area contributed by atoms with E-state index < -0.39 is 5.91 Å². The standard InChI is InChI=1S/C27H30N6O2/c1-33(14-8-11-20-9-4-2-5-10-20)15-16-35-19-22-17-23-26(29-18-24(28)34)31-25(32-27(23)30-22)21-12-6-3-7-13-21/h2-13,17H,14-16,18-19H2,1H3,(H2,28,34)(H2,29,30,31,32)/b11-8+. The van der Waals surface area contributed by atoms with E-state index in [9.17, 15) is 4.79 Å². The zero-order valence-electron chi connectivity index (χ0n) is 19.8. The minimum absolute atomic E-state index is 0.0115. The second-order valence-electron chi connectivity index (χ2n) is 8.27. The molecule has 8 heteroatoms. The second kappa shape index (κ2) is 11.9. The van der Waals surface area contributed by atoms with Gasteiger partial charge >= 0.3 is 0 Å². The van der Waals surface area contributed by atoms with E-state index in [-0.39, 0.29) is 6.54 Å². The van der Waals surface area contributed by atoms with Crippen LogP contribution < -0.4 is 11.1 Å². The van der Waals surface area contributed by atoms with Crippen molar-refractivity contribution < 1.29 is 9.53 Å². The van der Waals surface area contributed by atoms with Crippen LogP contribution in [0.25, 0.3) is 28.5 Å². The Bertz CT molecular complexity index is 1270. The Morgan fingerprint density at radius 1 is 1.11 bits per heavy atom. The Morgan fingerprint density at radius 2 is 1.86 bits per heavy atom. The summed E-state index contributed by atoms with van der Waals surface area (Å²) in [7, 11) is 2.07. The monoisotopic (exact) mass is 470 g/mol. The van der Waals surface area contributed by atoms with Gasteiger partial charge in [-0.3, -0.25) is 4.79 Å². The molecule has 0 aliphatic carbocycles. The van der Waals surface area contributed by atoms with Crippen molar-refractivity contribution in [3.63, 3.8) is 0 Å². The van der Waals surface area contributed by atoms with Crippen LogP contribution in [0.1, 0.15) is 11.3 Å². The molecule has 2 aromatic heterocycles. The zero-order valence-corrected chi connectivity index (χ0v) is 19.8. The SMILES string of the molecule is CN(C/C=C/c1ccccc1)CCOCc1cc2c(NCC(N)=O)nc(-c3ccccc3)nc2[nH]1. The first-order valence-corrected chi connectivity index (χ1v) is 11.5. The first kappa shape index (κ1) is 24.1. The first-order chi connectivity index (χ1) is 17.1. The third-order valence-corrected chi connectivity index (χ3v) is 5.41.